The second-order valence-electron chi connectivity index (χ2n) is 2.27. The van der Waals surface area contributed by atoms with Crippen LogP contribution in [0, 0.1) is 0 Å². The minimum atomic E-state index is -0.379. The fourth-order valence-corrected chi connectivity index (χ4v) is 0.906. The van der Waals surface area contributed by atoms with Crippen LogP contribution in [0.5, 0.6) is 0 Å². The molecule has 0 heterocycles. The highest BCUT2D eigenvalue weighted by atomic mass is 16.5. The smallest absolute Gasteiger partial charge is 0.0800 e. The summed E-state index contributed by atoms with van der Waals surface area (Å²) in [5.41, 5.74) is 2.89. The van der Waals surface area contributed by atoms with Crippen LogP contribution in [0.1, 0.15) is 11.6 Å². The Kier molecular flexibility index (Phi) is 3.04. The zero-order chi connectivity index (χ0) is 8.10. The van der Waals surface area contributed by atoms with Crippen molar-refractivity contribution in [3.05, 3.63) is 35.9 Å². The first-order valence-electron chi connectivity index (χ1n) is 3.44. The zero-order valence-corrected chi connectivity index (χ0v) is 6.07. The van der Waals surface area contributed by atoms with Crippen LogP contribution in [-0.4, -0.2) is 16.9 Å². The first-order chi connectivity index (χ1) is 5.38. The molecule has 0 aliphatic rings. The molecule has 0 amide bonds. The Morgan fingerprint density at radius 2 is 1.91 bits per heavy atom. The minimum Gasteiger partial charge on any atom is -0.394 e. The number of rotatable bonds is 3. The van der Waals surface area contributed by atoms with Gasteiger partial charge >= 0.3 is 0 Å². The largest absolute Gasteiger partial charge is 0.394 e. The van der Waals surface area contributed by atoms with Crippen LogP contribution in [0.2, 0.25) is 0 Å². The second-order valence-corrected chi connectivity index (χ2v) is 2.27. The Morgan fingerprint density at radius 3 is 2.36 bits per heavy atom. The standard InChI is InChI=1S/C8H11NO2/c10-6-8(9-11)7-4-2-1-3-5-7/h1-5,8-11H,6H2/t8-/m1/s1. The topological polar surface area (TPSA) is 52.5 Å². The maximum atomic E-state index is 8.76. The lowest BCUT2D eigenvalue weighted by Crippen LogP contribution is -2.20. The van der Waals surface area contributed by atoms with E-state index in [1.165, 1.54) is 0 Å². The molecule has 0 aliphatic carbocycles. The van der Waals surface area contributed by atoms with Crippen LogP contribution in [0.25, 0.3) is 0 Å². The van der Waals surface area contributed by atoms with E-state index in [0.29, 0.717) is 0 Å². The molecule has 1 atom stereocenters. The summed E-state index contributed by atoms with van der Waals surface area (Å²) < 4.78 is 0. The van der Waals surface area contributed by atoms with E-state index in [0.717, 1.165) is 5.56 Å². The summed E-state index contributed by atoms with van der Waals surface area (Å²) in [4.78, 5) is 0. The van der Waals surface area contributed by atoms with Gasteiger partial charge in [0.15, 0.2) is 0 Å². The van der Waals surface area contributed by atoms with Crippen molar-refractivity contribution < 1.29 is 10.3 Å². The van der Waals surface area contributed by atoms with Crippen molar-refractivity contribution in [2.75, 3.05) is 6.61 Å². The molecular formula is C8H11NO2. The maximum absolute atomic E-state index is 8.76. The summed E-state index contributed by atoms with van der Waals surface area (Å²) in [5, 5.41) is 17.3. The molecule has 3 N–H and O–H groups in total. The van der Waals surface area contributed by atoms with Gasteiger partial charge in [-0.3, -0.25) is 0 Å². The fraction of sp³-hybridized carbons (Fsp3) is 0.250. The number of aliphatic hydroxyl groups excluding tert-OH is 1. The molecule has 0 saturated heterocycles. The van der Waals surface area contributed by atoms with Crippen molar-refractivity contribution in [2.24, 2.45) is 0 Å². The van der Waals surface area contributed by atoms with Gasteiger partial charge in [-0.15, -0.1) is 0 Å². The van der Waals surface area contributed by atoms with Crippen LogP contribution < -0.4 is 5.48 Å². The maximum Gasteiger partial charge on any atom is 0.0800 e. The van der Waals surface area contributed by atoms with Crippen LogP contribution in [0.15, 0.2) is 30.3 Å². The molecule has 0 aromatic heterocycles. The number of hydroxylamine groups is 1. The van der Waals surface area contributed by atoms with Crippen LogP contribution in [0.3, 0.4) is 0 Å². The molecule has 0 unspecified atom stereocenters. The third kappa shape index (κ3) is 2.01. The van der Waals surface area contributed by atoms with E-state index in [1.807, 2.05) is 35.8 Å². The number of hydrogen-bond donors (Lipinski definition) is 3. The molecule has 0 spiro atoms. The fourth-order valence-electron chi connectivity index (χ4n) is 0.906. The van der Waals surface area contributed by atoms with Crippen LogP contribution in [-0.2, 0) is 0 Å². The van der Waals surface area contributed by atoms with Gasteiger partial charge in [-0.2, -0.15) is 5.48 Å². The lowest BCUT2D eigenvalue weighted by Gasteiger charge is -2.10. The van der Waals surface area contributed by atoms with Gasteiger partial charge < -0.3 is 10.3 Å². The molecular weight excluding hydrogens is 142 g/mol. The average Bonchev–Trinajstić information content (AvgIpc) is 2.09. The van der Waals surface area contributed by atoms with Crippen LogP contribution >= 0.6 is 0 Å². The van der Waals surface area contributed by atoms with Gasteiger partial charge in [-0.05, 0) is 5.56 Å². The highest BCUT2D eigenvalue weighted by molar-refractivity contribution is 5.18. The lowest BCUT2D eigenvalue weighted by molar-refractivity contribution is 0.0906. The summed E-state index contributed by atoms with van der Waals surface area (Å²) in [6, 6.07) is 8.89. The molecule has 0 fully saturated rings. The highest BCUT2D eigenvalue weighted by Gasteiger charge is 2.05. The van der Waals surface area contributed by atoms with Gasteiger partial charge in [-0.25, -0.2) is 0 Å². The number of hydrogen-bond acceptors (Lipinski definition) is 3. The van der Waals surface area contributed by atoms with Gasteiger partial charge in [0.2, 0.25) is 0 Å². The molecule has 0 saturated carbocycles. The molecule has 1 aromatic carbocycles. The van der Waals surface area contributed by atoms with Gasteiger partial charge in [0.25, 0.3) is 0 Å². The minimum absolute atomic E-state index is 0.111. The van der Waals surface area contributed by atoms with E-state index in [4.69, 9.17) is 10.3 Å². The summed E-state index contributed by atoms with van der Waals surface area (Å²) >= 11 is 0. The van der Waals surface area contributed by atoms with Crippen molar-refractivity contribution in [1.29, 1.82) is 0 Å². The van der Waals surface area contributed by atoms with E-state index in [1.54, 1.807) is 0 Å². The summed E-state index contributed by atoms with van der Waals surface area (Å²) in [6.07, 6.45) is 0. The monoisotopic (exact) mass is 153 g/mol. The van der Waals surface area contributed by atoms with Crippen molar-refractivity contribution in [3.8, 4) is 0 Å². The lowest BCUT2D eigenvalue weighted by atomic mass is 10.1. The Bertz CT molecular complexity index is 197. The predicted molar refractivity (Wildman–Crippen MR) is 41.2 cm³/mol. The molecule has 3 nitrogen and oxygen atoms in total. The van der Waals surface area contributed by atoms with Gasteiger partial charge in [0.1, 0.15) is 0 Å². The zero-order valence-electron chi connectivity index (χ0n) is 6.07. The van der Waals surface area contributed by atoms with Gasteiger partial charge in [-0.1, -0.05) is 30.3 Å². The summed E-state index contributed by atoms with van der Waals surface area (Å²) in [7, 11) is 0. The average molecular weight is 153 g/mol. The quantitative estimate of drug-likeness (QED) is 0.560. The van der Waals surface area contributed by atoms with Crippen molar-refractivity contribution in [3.63, 3.8) is 0 Å². The number of benzene rings is 1. The molecule has 11 heavy (non-hydrogen) atoms. The normalized spacial score (nSPS) is 12.9. The molecule has 3 heteroatoms. The highest BCUT2D eigenvalue weighted by Crippen LogP contribution is 2.09. The van der Waals surface area contributed by atoms with E-state index < -0.39 is 0 Å². The Balaban J connectivity index is 2.74. The van der Waals surface area contributed by atoms with Gasteiger partial charge in [0.05, 0.1) is 12.6 Å². The molecule has 1 rings (SSSR count). The molecule has 0 aliphatic heterocycles. The van der Waals surface area contributed by atoms with E-state index in [2.05, 4.69) is 0 Å². The van der Waals surface area contributed by atoms with E-state index in [9.17, 15) is 0 Å². The Labute approximate surface area is 65.3 Å². The third-order valence-electron chi connectivity index (χ3n) is 1.54. The third-order valence-corrected chi connectivity index (χ3v) is 1.54. The SMILES string of the molecule is OC[C@@H](NO)c1ccccc1. The van der Waals surface area contributed by atoms with E-state index >= 15 is 0 Å². The van der Waals surface area contributed by atoms with Crippen LogP contribution in [0.4, 0.5) is 0 Å². The first-order valence-corrected chi connectivity index (χ1v) is 3.44. The molecule has 0 radical (unpaired) electrons. The molecule has 1 aromatic rings. The van der Waals surface area contributed by atoms with Gasteiger partial charge in [0, 0.05) is 0 Å². The Hall–Kier alpha value is -0.900. The number of aliphatic hydroxyl groups is 1. The molecule has 0 bridgehead atoms. The first kappa shape index (κ1) is 8.20. The predicted octanol–water partition coefficient (Wildman–Crippen LogP) is 0.699. The van der Waals surface area contributed by atoms with Crippen molar-refractivity contribution >= 4 is 0 Å². The Morgan fingerprint density at radius 1 is 1.27 bits per heavy atom. The van der Waals surface area contributed by atoms with Crippen molar-refractivity contribution in [2.45, 2.75) is 6.04 Å². The van der Waals surface area contributed by atoms with Crippen molar-refractivity contribution in [1.82, 2.24) is 5.48 Å². The second kappa shape index (κ2) is 4.08. The summed E-state index contributed by atoms with van der Waals surface area (Å²) in [5.74, 6) is 0. The number of nitrogens with one attached hydrogen (secondary N) is 1. The summed E-state index contributed by atoms with van der Waals surface area (Å²) in [6.45, 7) is -0.111. The van der Waals surface area contributed by atoms with E-state index in [-0.39, 0.29) is 12.6 Å². The molecule has 60 valence electrons.